The van der Waals surface area contributed by atoms with Crippen LogP contribution in [0.4, 0.5) is 0 Å². The van der Waals surface area contributed by atoms with E-state index < -0.39 is 0 Å². The molecule has 0 spiro atoms. The van der Waals surface area contributed by atoms with Crippen molar-refractivity contribution in [1.82, 2.24) is 4.57 Å². The maximum Gasteiger partial charge on any atom is 0.0587 e. The van der Waals surface area contributed by atoms with E-state index in [1.165, 1.54) is 17.8 Å². The molecule has 0 saturated heterocycles. The third-order valence-corrected chi connectivity index (χ3v) is 2.02. The van der Waals surface area contributed by atoms with Crippen LogP contribution in [0, 0.1) is 11.3 Å². The minimum absolute atomic E-state index is 1.05. The first kappa shape index (κ1) is 10.3. The van der Waals surface area contributed by atoms with Crippen LogP contribution in [0.1, 0.15) is 13.8 Å². The molecule has 0 N–H and O–H groups in total. The van der Waals surface area contributed by atoms with Crippen molar-refractivity contribution in [3.63, 3.8) is 0 Å². The van der Waals surface area contributed by atoms with Crippen LogP contribution in [0.15, 0.2) is 36.5 Å². The van der Waals surface area contributed by atoms with Crippen LogP contribution in [0.25, 0.3) is 10.9 Å². The summed E-state index contributed by atoms with van der Waals surface area (Å²) in [7, 11) is 0. The number of aromatic nitrogens is 1. The Morgan fingerprint density at radius 3 is 2.57 bits per heavy atom. The van der Waals surface area contributed by atoms with E-state index >= 15 is 0 Å². The Labute approximate surface area is 84.4 Å². The van der Waals surface area contributed by atoms with Crippen LogP contribution in [0.3, 0.4) is 0 Å². The molecule has 0 unspecified atom stereocenters. The summed E-state index contributed by atoms with van der Waals surface area (Å²) in [5, 5.41) is 8.65. The lowest BCUT2D eigenvalue weighted by Gasteiger charge is -1.98. The highest BCUT2D eigenvalue weighted by atomic mass is 14.9. The minimum Gasteiger partial charge on any atom is -0.348 e. The number of hydrogen-bond acceptors (Lipinski definition) is 1. The van der Waals surface area contributed by atoms with Gasteiger partial charge in [0.1, 0.15) is 0 Å². The molecule has 0 amide bonds. The molecule has 0 bridgehead atoms. The van der Waals surface area contributed by atoms with Crippen LogP contribution in [0.5, 0.6) is 0 Å². The van der Waals surface area contributed by atoms with E-state index in [0.717, 1.165) is 6.54 Å². The summed E-state index contributed by atoms with van der Waals surface area (Å²) < 4.78 is 2.25. The number of benzene rings is 1. The molecule has 0 saturated carbocycles. The number of fused-ring (bicyclic) bond motifs is 1. The highest BCUT2D eigenvalue weighted by Gasteiger charge is 1.95. The van der Waals surface area contributed by atoms with Gasteiger partial charge in [0.25, 0.3) is 0 Å². The van der Waals surface area contributed by atoms with Gasteiger partial charge in [-0.1, -0.05) is 18.2 Å². The van der Waals surface area contributed by atoms with E-state index in [0.29, 0.717) is 0 Å². The number of hydrogen-bond donors (Lipinski definition) is 0. The topological polar surface area (TPSA) is 28.7 Å². The molecule has 72 valence electrons. The number of rotatable bonds is 1. The van der Waals surface area contributed by atoms with E-state index in [2.05, 4.69) is 48.0 Å². The Kier molecular flexibility index (Phi) is 3.75. The molecule has 1 aromatic carbocycles. The number of nitrogens with zero attached hydrogens (tertiary/aromatic N) is 2. The van der Waals surface area contributed by atoms with Crippen molar-refractivity contribution >= 4 is 10.9 Å². The van der Waals surface area contributed by atoms with Crippen molar-refractivity contribution in [2.75, 3.05) is 0 Å². The Hall–Kier alpha value is -1.75. The highest BCUT2D eigenvalue weighted by molar-refractivity contribution is 5.79. The lowest BCUT2D eigenvalue weighted by atomic mass is 10.2. The second kappa shape index (κ2) is 5.08. The normalized spacial score (nSPS) is 8.93. The Bertz CT molecular complexity index is 435. The molecule has 0 fully saturated rings. The van der Waals surface area contributed by atoms with Gasteiger partial charge in [-0.2, -0.15) is 5.26 Å². The van der Waals surface area contributed by atoms with Gasteiger partial charge in [0.2, 0.25) is 0 Å². The molecule has 0 aliphatic carbocycles. The van der Waals surface area contributed by atoms with E-state index in [1.807, 2.05) is 0 Å². The lowest BCUT2D eigenvalue weighted by Crippen LogP contribution is -1.89. The summed E-state index contributed by atoms with van der Waals surface area (Å²) in [6.45, 7) is 4.64. The van der Waals surface area contributed by atoms with Crippen LogP contribution in [-0.4, -0.2) is 4.57 Å². The van der Waals surface area contributed by atoms with E-state index in [4.69, 9.17) is 5.26 Å². The molecule has 0 aliphatic heterocycles. The molecule has 2 aromatic rings. The summed E-state index contributed by atoms with van der Waals surface area (Å²) >= 11 is 0. The van der Waals surface area contributed by atoms with Crippen LogP contribution in [0.2, 0.25) is 0 Å². The second-order valence-corrected chi connectivity index (χ2v) is 2.88. The van der Waals surface area contributed by atoms with Crippen molar-refractivity contribution in [2.45, 2.75) is 20.4 Å². The van der Waals surface area contributed by atoms with Gasteiger partial charge in [0, 0.05) is 25.2 Å². The number of aryl methyl sites for hydroxylation is 1. The molecule has 2 nitrogen and oxygen atoms in total. The SMILES string of the molecule is CC#N.CCn1ccc2ccccc21. The minimum atomic E-state index is 1.05. The summed E-state index contributed by atoms with van der Waals surface area (Å²) in [6.07, 6.45) is 2.13. The highest BCUT2D eigenvalue weighted by Crippen LogP contribution is 2.14. The fourth-order valence-corrected chi connectivity index (χ4v) is 1.42. The first-order valence-electron chi connectivity index (χ1n) is 4.68. The maximum absolute atomic E-state index is 7.32. The van der Waals surface area contributed by atoms with E-state index in [9.17, 15) is 0 Å². The van der Waals surface area contributed by atoms with E-state index in [-0.39, 0.29) is 0 Å². The quantitative estimate of drug-likeness (QED) is 0.672. The number of nitriles is 1. The largest absolute Gasteiger partial charge is 0.348 e. The molecule has 0 radical (unpaired) electrons. The smallest absolute Gasteiger partial charge is 0.0587 e. The monoisotopic (exact) mass is 186 g/mol. The molecular formula is C12H14N2. The fourth-order valence-electron chi connectivity index (χ4n) is 1.42. The van der Waals surface area contributed by atoms with Gasteiger partial charge in [-0.3, -0.25) is 0 Å². The summed E-state index contributed by atoms with van der Waals surface area (Å²) in [5.74, 6) is 0. The van der Waals surface area contributed by atoms with Crippen LogP contribution in [-0.2, 0) is 6.54 Å². The van der Waals surface area contributed by atoms with Gasteiger partial charge in [-0.15, -0.1) is 0 Å². The van der Waals surface area contributed by atoms with Gasteiger partial charge < -0.3 is 4.57 Å². The van der Waals surface area contributed by atoms with Crippen molar-refractivity contribution < 1.29 is 0 Å². The summed E-state index contributed by atoms with van der Waals surface area (Å²) in [5.41, 5.74) is 1.33. The van der Waals surface area contributed by atoms with Gasteiger partial charge in [0.15, 0.2) is 0 Å². The van der Waals surface area contributed by atoms with Gasteiger partial charge in [-0.25, -0.2) is 0 Å². The molecular weight excluding hydrogens is 172 g/mol. The molecule has 0 atom stereocenters. The van der Waals surface area contributed by atoms with Crippen molar-refractivity contribution in [3.8, 4) is 6.07 Å². The third kappa shape index (κ3) is 2.14. The lowest BCUT2D eigenvalue weighted by molar-refractivity contribution is 0.798. The Balaban J connectivity index is 0.000000293. The molecule has 2 heteroatoms. The van der Waals surface area contributed by atoms with Gasteiger partial charge in [-0.05, 0) is 24.4 Å². The first-order chi connectivity index (χ1) is 6.83. The second-order valence-electron chi connectivity index (χ2n) is 2.88. The van der Waals surface area contributed by atoms with Crippen molar-refractivity contribution in [1.29, 1.82) is 5.26 Å². The predicted molar refractivity (Wildman–Crippen MR) is 58.9 cm³/mol. The Morgan fingerprint density at radius 1 is 1.29 bits per heavy atom. The molecule has 1 aromatic heterocycles. The van der Waals surface area contributed by atoms with Crippen LogP contribution >= 0.6 is 0 Å². The Morgan fingerprint density at radius 2 is 1.93 bits per heavy atom. The molecule has 14 heavy (non-hydrogen) atoms. The maximum atomic E-state index is 7.32. The van der Waals surface area contributed by atoms with Crippen LogP contribution < -0.4 is 0 Å². The average Bonchev–Trinajstić information content (AvgIpc) is 2.62. The molecule has 1 heterocycles. The fraction of sp³-hybridized carbons (Fsp3) is 0.250. The zero-order chi connectivity index (χ0) is 10.4. The third-order valence-electron chi connectivity index (χ3n) is 2.02. The van der Waals surface area contributed by atoms with E-state index in [1.54, 1.807) is 6.07 Å². The zero-order valence-electron chi connectivity index (χ0n) is 8.57. The summed E-state index contributed by atoms with van der Waals surface area (Å²) in [6, 6.07) is 12.3. The average molecular weight is 186 g/mol. The molecule has 0 aliphatic rings. The van der Waals surface area contributed by atoms with Crippen molar-refractivity contribution in [3.05, 3.63) is 36.5 Å². The summed E-state index contributed by atoms with van der Waals surface area (Å²) in [4.78, 5) is 0. The van der Waals surface area contributed by atoms with Crippen molar-refractivity contribution in [2.24, 2.45) is 0 Å². The standard InChI is InChI=1S/C10H11N.C2H3N/c1-2-11-8-7-9-5-3-4-6-10(9)11;1-2-3/h3-8H,2H2,1H3;1H3. The molecule has 2 rings (SSSR count). The van der Waals surface area contributed by atoms with Gasteiger partial charge >= 0.3 is 0 Å². The predicted octanol–water partition coefficient (Wildman–Crippen LogP) is 3.19. The zero-order valence-corrected chi connectivity index (χ0v) is 8.57. The first-order valence-corrected chi connectivity index (χ1v) is 4.68. The number of para-hydroxylation sites is 1. The van der Waals surface area contributed by atoms with Gasteiger partial charge in [0.05, 0.1) is 6.07 Å².